The van der Waals surface area contributed by atoms with Crippen molar-refractivity contribution in [1.29, 1.82) is 0 Å². The lowest BCUT2D eigenvalue weighted by Gasteiger charge is -2.19. The zero-order chi connectivity index (χ0) is 18.6. The van der Waals surface area contributed by atoms with E-state index in [1.54, 1.807) is 19.1 Å². The van der Waals surface area contributed by atoms with E-state index in [9.17, 15) is 14.7 Å². The van der Waals surface area contributed by atoms with E-state index in [2.05, 4.69) is 26.1 Å². The van der Waals surface area contributed by atoms with Gasteiger partial charge in [0.25, 0.3) is 5.91 Å². The molecule has 0 aliphatic heterocycles. The van der Waals surface area contributed by atoms with Gasteiger partial charge in [0.1, 0.15) is 5.75 Å². The van der Waals surface area contributed by atoms with Crippen molar-refractivity contribution in [3.63, 3.8) is 0 Å². The molecule has 0 atom stereocenters. The molecule has 0 aliphatic carbocycles. The quantitative estimate of drug-likeness (QED) is 0.908. The van der Waals surface area contributed by atoms with E-state index in [-0.39, 0.29) is 23.5 Å². The van der Waals surface area contributed by atoms with E-state index < -0.39 is 5.97 Å². The highest BCUT2D eigenvalue weighted by molar-refractivity contribution is 5.96. The zero-order valence-corrected chi connectivity index (χ0v) is 14.9. The van der Waals surface area contributed by atoms with E-state index in [1.807, 2.05) is 24.3 Å². The van der Waals surface area contributed by atoms with Gasteiger partial charge in [-0.15, -0.1) is 0 Å². The van der Waals surface area contributed by atoms with Crippen LogP contribution in [0.3, 0.4) is 0 Å². The van der Waals surface area contributed by atoms with Gasteiger partial charge in [0.2, 0.25) is 0 Å². The maximum absolute atomic E-state index is 12.0. The number of benzene rings is 2. The summed E-state index contributed by atoms with van der Waals surface area (Å²) in [4.78, 5) is 23.1. The fraction of sp³-hybridized carbons (Fsp3) is 0.300. The topological polar surface area (TPSA) is 78.5 Å². The molecule has 0 heterocycles. The minimum Gasteiger partial charge on any atom is -0.545 e. The third-order valence-electron chi connectivity index (χ3n) is 3.92. The standard InChI is InChI=1S/C20H23NO4/c1-13-16(19(23)24)6-5-7-17(13)21-18(22)12-25-15-10-8-14(9-11-15)20(2,3)4/h5-11H,12H2,1-4H3,(H,21,22)(H,23,24)/p-1. The molecule has 0 bridgehead atoms. The highest BCUT2D eigenvalue weighted by atomic mass is 16.5. The molecule has 2 aromatic rings. The normalized spacial score (nSPS) is 11.0. The molecular weight excluding hydrogens is 318 g/mol. The first-order valence-corrected chi connectivity index (χ1v) is 8.02. The summed E-state index contributed by atoms with van der Waals surface area (Å²) in [6.07, 6.45) is 0. The van der Waals surface area contributed by atoms with Gasteiger partial charge >= 0.3 is 0 Å². The number of amides is 1. The van der Waals surface area contributed by atoms with Gasteiger partial charge in [-0.2, -0.15) is 0 Å². The molecule has 0 radical (unpaired) electrons. The Labute approximate surface area is 147 Å². The van der Waals surface area contributed by atoms with Crippen molar-refractivity contribution in [2.45, 2.75) is 33.1 Å². The molecule has 2 rings (SSSR count). The second-order valence-electron chi connectivity index (χ2n) is 6.88. The van der Waals surface area contributed by atoms with E-state index >= 15 is 0 Å². The third-order valence-corrected chi connectivity index (χ3v) is 3.92. The first-order chi connectivity index (χ1) is 11.7. The lowest BCUT2D eigenvalue weighted by atomic mass is 9.87. The number of ether oxygens (including phenoxy) is 1. The fourth-order valence-electron chi connectivity index (χ4n) is 2.38. The molecule has 5 nitrogen and oxygen atoms in total. The number of hydrogen-bond donors (Lipinski definition) is 1. The van der Waals surface area contributed by atoms with Gasteiger partial charge in [0.15, 0.2) is 6.61 Å². The minimum absolute atomic E-state index is 0.0523. The number of anilines is 1. The summed E-state index contributed by atoms with van der Waals surface area (Å²) in [5, 5.41) is 13.7. The van der Waals surface area contributed by atoms with Crippen LogP contribution in [0.15, 0.2) is 42.5 Å². The number of nitrogens with one attached hydrogen (secondary N) is 1. The molecule has 0 saturated heterocycles. The van der Waals surface area contributed by atoms with Crippen LogP contribution in [0, 0.1) is 6.92 Å². The van der Waals surface area contributed by atoms with Crippen molar-refractivity contribution in [2.24, 2.45) is 0 Å². The average Bonchev–Trinajstić information content (AvgIpc) is 2.54. The second kappa shape index (κ2) is 7.38. The van der Waals surface area contributed by atoms with Crippen molar-refractivity contribution >= 4 is 17.6 Å². The molecule has 0 aliphatic rings. The van der Waals surface area contributed by atoms with Crippen molar-refractivity contribution < 1.29 is 19.4 Å². The number of carbonyl (C=O) groups excluding carboxylic acids is 2. The maximum atomic E-state index is 12.0. The summed E-state index contributed by atoms with van der Waals surface area (Å²) in [5.41, 5.74) is 2.16. The molecule has 0 spiro atoms. The van der Waals surface area contributed by atoms with Gasteiger partial charge < -0.3 is 20.0 Å². The highest BCUT2D eigenvalue weighted by Gasteiger charge is 2.13. The van der Waals surface area contributed by atoms with E-state index in [1.165, 1.54) is 11.6 Å². The summed E-state index contributed by atoms with van der Waals surface area (Å²) in [5.74, 6) is -1.04. The molecular formula is C20H22NO4-. The molecule has 1 amide bonds. The first-order valence-electron chi connectivity index (χ1n) is 8.02. The van der Waals surface area contributed by atoms with Crippen LogP contribution in [0.5, 0.6) is 5.75 Å². The van der Waals surface area contributed by atoms with Gasteiger partial charge in [0, 0.05) is 11.3 Å². The molecule has 0 aromatic heterocycles. The number of carboxylic acid groups (broad SMARTS) is 1. The molecule has 1 N–H and O–H groups in total. The molecule has 0 fully saturated rings. The zero-order valence-electron chi connectivity index (χ0n) is 14.9. The molecule has 5 heteroatoms. The smallest absolute Gasteiger partial charge is 0.262 e. The predicted molar refractivity (Wildman–Crippen MR) is 94.8 cm³/mol. The predicted octanol–water partition coefficient (Wildman–Crippen LogP) is 2.67. The van der Waals surface area contributed by atoms with Gasteiger partial charge in [0.05, 0.1) is 5.97 Å². The maximum Gasteiger partial charge on any atom is 0.262 e. The van der Waals surface area contributed by atoms with Crippen LogP contribution in [0.2, 0.25) is 0 Å². The Morgan fingerprint density at radius 2 is 1.72 bits per heavy atom. The Balaban J connectivity index is 1.97. The van der Waals surface area contributed by atoms with Crippen LogP contribution in [0.25, 0.3) is 0 Å². The van der Waals surface area contributed by atoms with E-state index in [0.29, 0.717) is 17.0 Å². The lowest BCUT2D eigenvalue weighted by molar-refractivity contribution is -0.255. The van der Waals surface area contributed by atoms with Crippen LogP contribution in [0.1, 0.15) is 42.3 Å². The molecule has 25 heavy (non-hydrogen) atoms. The van der Waals surface area contributed by atoms with Crippen molar-refractivity contribution in [3.8, 4) is 5.75 Å². The summed E-state index contributed by atoms with van der Waals surface area (Å²) in [7, 11) is 0. The van der Waals surface area contributed by atoms with Gasteiger partial charge in [-0.1, -0.05) is 45.0 Å². The number of aromatic carboxylic acids is 1. The summed E-state index contributed by atoms with van der Waals surface area (Å²) in [6.45, 7) is 7.83. The van der Waals surface area contributed by atoms with Crippen molar-refractivity contribution in [2.75, 3.05) is 11.9 Å². The molecule has 2 aromatic carbocycles. The molecule has 0 saturated carbocycles. The Bertz CT molecular complexity index is 773. The van der Waals surface area contributed by atoms with Crippen LogP contribution in [-0.2, 0) is 10.2 Å². The second-order valence-corrected chi connectivity index (χ2v) is 6.88. The number of carboxylic acids is 1. The lowest BCUT2D eigenvalue weighted by Crippen LogP contribution is -2.25. The highest BCUT2D eigenvalue weighted by Crippen LogP contribution is 2.24. The van der Waals surface area contributed by atoms with Crippen LogP contribution in [0.4, 0.5) is 5.69 Å². The van der Waals surface area contributed by atoms with E-state index in [4.69, 9.17) is 4.74 Å². The van der Waals surface area contributed by atoms with Crippen molar-refractivity contribution in [3.05, 3.63) is 59.2 Å². The molecule has 132 valence electrons. The van der Waals surface area contributed by atoms with Crippen LogP contribution >= 0.6 is 0 Å². The number of rotatable bonds is 5. The van der Waals surface area contributed by atoms with Gasteiger partial charge in [-0.25, -0.2) is 0 Å². The summed E-state index contributed by atoms with van der Waals surface area (Å²) in [6, 6.07) is 12.2. The Hall–Kier alpha value is -2.82. The molecule has 0 unspecified atom stereocenters. The monoisotopic (exact) mass is 340 g/mol. The third kappa shape index (κ3) is 4.83. The van der Waals surface area contributed by atoms with Crippen molar-refractivity contribution in [1.82, 2.24) is 0 Å². The average molecular weight is 340 g/mol. The van der Waals surface area contributed by atoms with E-state index in [0.717, 1.165) is 0 Å². The van der Waals surface area contributed by atoms with Gasteiger partial charge in [-0.3, -0.25) is 4.79 Å². The largest absolute Gasteiger partial charge is 0.545 e. The fourth-order valence-corrected chi connectivity index (χ4v) is 2.38. The van der Waals surface area contributed by atoms with Gasteiger partial charge in [-0.05, 0) is 41.7 Å². The Morgan fingerprint density at radius 3 is 2.28 bits per heavy atom. The Morgan fingerprint density at radius 1 is 1.08 bits per heavy atom. The number of carbonyl (C=O) groups is 2. The SMILES string of the molecule is Cc1c(NC(=O)COc2ccc(C(C)(C)C)cc2)cccc1C(=O)[O-]. The number of hydrogen-bond acceptors (Lipinski definition) is 4. The minimum atomic E-state index is -1.27. The van der Waals surface area contributed by atoms with Crippen LogP contribution < -0.4 is 15.2 Å². The summed E-state index contributed by atoms with van der Waals surface area (Å²) >= 11 is 0. The van der Waals surface area contributed by atoms with Crippen LogP contribution in [-0.4, -0.2) is 18.5 Å². The summed E-state index contributed by atoms with van der Waals surface area (Å²) < 4.78 is 5.48. The first kappa shape index (κ1) is 18.5. The Kier molecular flexibility index (Phi) is 5.47.